The molecule has 1 aliphatic heterocycles. The van der Waals surface area contributed by atoms with Crippen molar-refractivity contribution in [2.75, 3.05) is 32.9 Å². The number of carbonyl (C=O) groups excluding carboxylic acids is 2. The average molecular weight is 466 g/mol. The van der Waals surface area contributed by atoms with Gasteiger partial charge in [-0.15, -0.1) is 0 Å². The van der Waals surface area contributed by atoms with Gasteiger partial charge in [-0.3, -0.25) is 4.79 Å². The molecular weight excluding hydrogens is 444 g/mol. The molecule has 1 N–H and O–H groups in total. The first-order valence-electron chi connectivity index (χ1n) is 9.39. The maximum atomic E-state index is 13.5. The summed E-state index contributed by atoms with van der Waals surface area (Å²) in [6.45, 7) is 0.967. The molecule has 0 radical (unpaired) electrons. The molecule has 1 aliphatic rings. The van der Waals surface area contributed by atoms with E-state index in [1.165, 1.54) is 24.3 Å². The van der Waals surface area contributed by atoms with Crippen molar-refractivity contribution in [3.63, 3.8) is 0 Å². The number of rotatable bonds is 4. The van der Waals surface area contributed by atoms with Crippen LogP contribution in [0.5, 0.6) is 0 Å². The molecule has 0 spiro atoms. The third-order valence-electron chi connectivity index (χ3n) is 4.89. The third-order valence-corrected chi connectivity index (χ3v) is 5.41. The van der Waals surface area contributed by atoms with Crippen LogP contribution >= 0.6 is 15.9 Å². The van der Waals surface area contributed by atoms with E-state index in [-0.39, 0.29) is 11.9 Å². The van der Waals surface area contributed by atoms with Crippen molar-refractivity contribution in [3.05, 3.63) is 69.9 Å². The molecule has 0 bridgehead atoms. The van der Waals surface area contributed by atoms with Crippen molar-refractivity contribution < 1.29 is 18.4 Å². The van der Waals surface area contributed by atoms with Gasteiger partial charge in [-0.05, 0) is 48.4 Å². The fourth-order valence-electron chi connectivity index (χ4n) is 3.25. The van der Waals surface area contributed by atoms with E-state index in [0.29, 0.717) is 43.7 Å². The van der Waals surface area contributed by atoms with Crippen molar-refractivity contribution in [1.29, 1.82) is 0 Å². The molecule has 2 aromatic rings. The second kappa shape index (κ2) is 9.82. The standard InChI is InChI=1S/C21H22BrF2N3O2/c22-17-6-2-15(3-7-17)19(14-23)25-21(29)27-11-1-10-26(12-13-27)20(28)16-4-8-18(24)9-5-16/h2-9,19H,1,10-14H2,(H,25,29). The summed E-state index contributed by atoms with van der Waals surface area (Å²) in [6, 6.07) is 11.5. The van der Waals surface area contributed by atoms with Gasteiger partial charge in [0.25, 0.3) is 5.91 Å². The molecule has 0 saturated carbocycles. The molecular formula is C21H22BrF2N3O2. The van der Waals surface area contributed by atoms with E-state index >= 15 is 0 Å². The van der Waals surface area contributed by atoms with E-state index in [4.69, 9.17) is 0 Å². The number of hydrogen-bond acceptors (Lipinski definition) is 2. The lowest BCUT2D eigenvalue weighted by Gasteiger charge is -2.25. The quantitative estimate of drug-likeness (QED) is 0.736. The SMILES string of the molecule is O=C(NC(CF)c1ccc(Br)cc1)N1CCCN(C(=O)c2ccc(F)cc2)CC1. The van der Waals surface area contributed by atoms with Crippen molar-refractivity contribution in [2.24, 2.45) is 0 Å². The van der Waals surface area contributed by atoms with Crippen LogP contribution in [0.2, 0.25) is 0 Å². The highest BCUT2D eigenvalue weighted by Crippen LogP contribution is 2.18. The van der Waals surface area contributed by atoms with E-state index in [9.17, 15) is 18.4 Å². The van der Waals surface area contributed by atoms with E-state index in [1.54, 1.807) is 34.1 Å². The summed E-state index contributed by atoms with van der Waals surface area (Å²) in [7, 11) is 0. The van der Waals surface area contributed by atoms with Gasteiger partial charge in [-0.1, -0.05) is 28.1 Å². The highest BCUT2D eigenvalue weighted by molar-refractivity contribution is 9.10. The monoisotopic (exact) mass is 465 g/mol. The van der Waals surface area contributed by atoms with Crippen LogP contribution in [0.15, 0.2) is 53.0 Å². The van der Waals surface area contributed by atoms with Crippen LogP contribution in [0, 0.1) is 5.82 Å². The smallest absolute Gasteiger partial charge is 0.318 e. The molecule has 1 fully saturated rings. The minimum atomic E-state index is -0.726. The number of amides is 3. The maximum Gasteiger partial charge on any atom is 0.318 e. The minimum Gasteiger partial charge on any atom is -0.337 e. The van der Waals surface area contributed by atoms with Gasteiger partial charge in [0.05, 0.1) is 6.04 Å². The average Bonchev–Trinajstić information content (AvgIpc) is 2.99. The normalized spacial score (nSPS) is 15.6. The minimum absolute atomic E-state index is 0.191. The van der Waals surface area contributed by atoms with Gasteiger partial charge < -0.3 is 15.1 Å². The van der Waals surface area contributed by atoms with Gasteiger partial charge in [-0.2, -0.15) is 0 Å². The second-order valence-electron chi connectivity index (χ2n) is 6.85. The predicted octanol–water partition coefficient (Wildman–Crippen LogP) is 4.16. The van der Waals surface area contributed by atoms with Crippen molar-refractivity contribution >= 4 is 27.9 Å². The number of carbonyl (C=O) groups is 2. The molecule has 3 rings (SSSR count). The summed E-state index contributed by atoms with van der Waals surface area (Å²) in [6.07, 6.45) is 0.610. The molecule has 154 valence electrons. The molecule has 2 aromatic carbocycles. The molecule has 1 atom stereocenters. The third kappa shape index (κ3) is 5.53. The van der Waals surface area contributed by atoms with Gasteiger partial charge in [0.1, 0.15) is 12.5 Å². The molecule has 1 unspecified atom stereocenters. The summed E-state index contributed by atoms with van der Waals surface area (Å²) in [4.78, 5) is 28.5. The van der Waals surface area contributed by atoms with Crippen LogP contribution in [0.3, 0.4) is 0 Å². The van der Waals surface area contributed by atoms with E-state index in [2.05, 4.69) is 21.2 Å². The maximum absolute atomic E-state index is 13.5. The number of benzene rings is 2. The zero-order valence-electron chi connectivity index (χ0n) is 15.8. The zero-order chi connectivity index (χ0) is 20.8. The van der Waals surface area contributed by atoms with Crippen molar-refractivity contribution in [1.82, 2.24) is 15.1 Å². The van der Waals surface area contributed by atoms with Crippen LogP contribution in [-0.2, 0) is 0 Å². The largest absolute Gasteiger partial charge is 0.337 e. The van der Waals surface area contributed by atoms with E-state index in [1.807, 2.05) is 0 Å². The summed E-state index contributed by atoms with van der Waals surface area (Å²) < 4.78 is 27.5. The Morgan fingerprint density at radius 3 is 2.24 bits per heavy atom. The van der Waals surface area contributed by atoms with Crippen LogP contribution in [0.25, 0.3) is 0 Å². The number of alkyl halides is 1. The predicted molar refractivity (Wildman–Crippen MR) is 110 cm³/mol. The molecule has 3 amide bonds. The number of urea groups is 1. The highest BCUT2D eigenvalue weighted by Gasteiger charge is 2.24. The van der Waals surface area contributed by atoms with Gasteiger partial charge in [0.2, 0.25) is 0 Å². The lowest BCUT2D eigenvalue weighted by Crippen LogP contribution is -2.44. The Kier molecular flexibility index (Phi) is 7.19. The molecule has 8 heteroatoms. The molecule has 5 nitrogen and oxygen atoms in total. The highest BCUT2D eigenvalue weighted by atomic mass is 79.9. The molecule has 1 saturated heterocycles. The lowest BCUT2D eigenvalue weighted by atomic mass is 10.1. The summed E-state index contributed by atoms with van der Waals surface area (Å²) >= 11 is 3.34. The van der Waals surface area contributed by atoms with E-state index < -0.39 is 18.5 Å². The van der Waals surface area contributed by atoms with Crippen molar-refractivity contribution in [2.45, 2.75) is 12.5 Å². The fraction of sp³-hybridized carbons (Fsp3) is 0.333. The Morgan fingerprint density at radius 2 is 1.59 bits per heavy atom. The van der Waals surface area contributed by atoms with Gasteiger partial charge in [-0.25, -0.2) is 13.6 Å². The Hall–Kier alpha value is -2.48. The Bertz CT molecular complexity index is 846. The zero-order valence-corrected chi connectivity index (χ0v) is 17.4. The number of nitrogens with zero attached hydrogens (tertiary/aromatic N) is 2. The van der Waals surface area contributed by atoms with Crippen LogP contribution in [-0.4, -0.2) is 54.6 Å². The molecule has 0 aromatic heterocycles. The topological polar surface area (TPSA) is 52.7 Å². The Morgan fingerprint density at radius 1 is 0.966 bits per heavy atom. The fourth-order valence-corrected chi connectivity index (χ4v) is 3.51. The van der Waals surface area contributed by atoms with Crippen LogP contribution in [0.4, 0.5) is 13.6 Å². The molecule has 29 heavy (non-hydrogen) atoms. The second-order valence-corrected chi connectivity index (χ2v) is 7.76. The molecule has 0 aliphatic carbocycles. The molecule has 1 heterocycles. The summed E-state index contributed by atoms with van der Waals surface area (Å²) in [5.74, 6) is -0.586. The van der Waals surface area contributed by atoms with Crippen LogP contribution < -0.4 is 5.32 Å². The van der Waals surface area contributed by atoms with E-state index in [0.717, 1.165) is 4.47 Å². The number of nitrogens with one attached hydrogen (secondary N) is 1. The first kappa shape index (κ1) is 21.2. The van der Waals surface area contributed by atoms with Gasteiger partial charge in [0.15, 0.2) is 0 Å². The Labute approximate surface area is 176 Å². The Balaban J connectivity index is 1.59. The summed E-state index contributed by atoms with van der Waals surface area (Å²) in [5.41, 5.74) is 1.10. The first-order chi connectivity index (χ1) is 14.0. The van der Waals surface area contributed by atoms with Crippen LogP contribution in [0.1, 0.15) is 28.4 Å². The van der Waals surface area contributed by atoms with Gasteiger partial charge in [0, 0.05) is 36.2 Å². The summed E-state index contributed by atoms with van der Waals surface area (Å²) in [5, 5.41) is 2.73. The number of halogens is 3. The number of hydrogen-bond donors (Lipinski definition) is 1. The lowest BCUT2D eigenvalue weighted by molar-refractivity contribution is 0.0762. The first-order valence-corrected chi connectivity index (χ1v) is 10.2. The van der Waals surface area contributed by atoms with Crippen molar-refractivity contribution in [3.8, 4) is 0 Å². The van der Waals surface area contributed by atoms with Gasteiger partial charge >= 0.3 is 6.03 Å².